The number of esters is 1. The second-order valence-electron chi connectivity index (χ2n) is 4.31. The summed E-state index contributed by atoms with van der Waals surface area (Å²) in [6.07, 6.45) is 1.87. The Morgan fingerprint density at radius 3 is 2.85 bits per heavy atom. The van der Waals surface area contributed by atoms with Gasteiger partial charge in [-0.25, -0.2) is 0 Å². The number of rotatable bonds is 7. The van der Waals surface area contributed by atoms with E-state index in [1.54, 1.807) is 7.11 Å². The number of fused-ring (bicyclic) bond motifs is 1. The first-order valence-corrected chi connectivity index (χ1v) is 6.61. The summed E-state index contributed by atoms with van der Waals surface area (Å²) in [5, 5.41) is 1.04. The molecule has 0 atom stereocenters. The van der Waals surface area contributed by atoms with Crippen molar-refractivity contribution in [3.05, 3.63) is 30.5 Å². The van der Waals surface area contributed by atoms with Gasteiger partial charge in [0.1, 0.15) is 18.9 Å². The van der Waals surface area contributed by atoms with Gasteiger partial charge in [0, 0.05) is 24.2 Å². The highest BCUT2D eigenvalue weighted by atomic mass is 16.6. The van der Waals surface area contributed by atoms with Crippen LogP contribution in [0.2, 0.25) is 0 Å². The molecule has 5 heteroatoms. The Morgan fingerprint density at radius 1 is 1.25 bits per heavy atom. The van der Waals surface area contributed by atoms with E-state index >= 15 is 0 Å². The van der Waals surface area contributed by atoms with Crippen molar-refractivity contribution < 1.29 is 19.0 Å². The summed E-state index contributed by atoms with van der Waals surface area (Å²) >= 11 is 0. The number of ether oxygens (including phenoxy) is 3. The second kappa shape index (κ2) is 6.96. The van der Waals surface area contributed by atoms with Crippen molar-refractivity contribution in [2.24, 2.45) is 0 Å². The SMILES string of the molecule is CCOc1ccc2c(ccn2CC(=O)OCCOC)c1. The molecule has 1 aromatic carbocycles. The fraction of sp³-hybridized carbons (Fsp3) is 0.400. The fourth-order valence-electron chi connectivity index (χ4n) is 2.00. The molecule has 0 aliphatic rings. The second-order valence-corrected chi connectivity index (χ2v) is 4.31. The molecular formula is C15H19NO4. The van der Waals surface area contributed by atoms with E-state index in [1.807, 2.05) is 42.0 Å². The summed E-state index contributed by atoms with van der Waals surface area (Å²) in [6.45, 7) is 3.48. The topological polar surface area (TPSA) is 49.7 Å². The number of hydrogen-bond acceptors (Lipinski definition) is 4. The average molecular weight is 277 g/mol. The van der Waals surface area contributed by atoms with Crippen LogP contribution in [0.3, 0.4) is 0 Å². The van der Waals surface area contributed by atoms with Crippen LogP contribution in [-0.2, 0) is 20.8 Å². The minimum absolute atomic E-state index is 0.196. The van der Waals surface area contributed by atoms with Gasteiger partial charge in [-0.1, -0.05) is 0 Å². The lowest BCUT2D eigenvalue weighted by Gasteiger charge is -2.07. The Kier molecular flexibility index (Phi) is 5.01. The van der Waals surface area contributed by atoms with Gasteiger partial charge in [-0.05, 0) is 31.2 Å². The van der Waals surface area contributed by atoms with Crippen molar-refractivity contribution in [3.63, 3.8) is 0 Å². The van der Waals surface area contributed by atoms with Crippen LogP contribution in [-0.4, -0.2) is 37.5 Å². The van der Waals surface area contributed by atoms with Crippen LogP contribution >= 0.6 is 0 Å². The first kappa shape index (κ1) is 14.4. The zero-order valence-corrected chi connectivity index (χ0v) is 11.8. The van der Waals surface area contributed by atoms with Crippen molar-refractivity contribution in [1.29, 1.82) is 0 Å². The number of aromatic nitrogens is 1. The van der Waals surface area contributed by atoms with Gasteiger partial charge in [-0.2, -0.15) is 0 Å². The van der Waals surface area contributed by atoms with E-state index in [1.165, 1.54) is 0 Å². The molecule has 0 unspecified atom stereocenters. The predicted molar refractivity (Wildman–Crippen MR) is 75.9 cm³/mol. The molecule has 0 aliphatic carbocycles. The van der Waals surface area contributed by atoms with E-state index in [2.05, 4.69) is 0 Å². The molecule has 108 valence electrons. The molecule has 0 aliphatic heterocycles. The van der Waals surface area contributed by atoms with Crippen molar-refractivity contribution in [2.45, 2.75) is 13.5 Å². The molecule has 0 saturated carbocycles. The summed E-state index contributed by atoms with van der Waals surface area (Å²) in [5.74, 6) is 0.564. The molecule has 0 fully saturated rings. The number of carbonyl (C=O) groups excluding carboxylic acids is 1. The van der Waals surface area contributed by atoms with Gasteiger partial charge in [-0.15, -0.1) is 0 Å². The number of carbonyl (C=O) groups is 1. The quantitative estimate of drug-likeness (QED) is 0.575. The lowest BCUT2D eigenvalue weighted by atomic mass is 10.2. The zero-order chi connectivity index (χ0) is 14.4. The molecule has 5 nitrogen and oxygen atoms in total. The van der Waals surface area contributed by atoms with Crippen molar-refractivity contribution in [2.75, 3.05) is 26.9 Å². The van der Waals surface area contributed by atoms with Gasteiger partial charge in [0.15, 0.2) is 0 Å². The number of benzene rings is 1. The molecule has 0 N–H and O–H groups in total. The normalized spacial score (nSPS) is 10.7. The summed E-state index contributed by atoms with van der Waals surface area (Å²) in [4.78, 5) is 11.7. The largest absolute Gasteiger partial charge is 0.494 e. The molecular weight excluding hydrogens is 258 g/mol. The van der Waals surface area contributed by atoms with E-state index in [0.717, 1.165) is 16.7 Å². The molecule has 0 saturated heterocycles. The summed E-state index contributed by atoms with van der Waals surface area (Å²) < 4.78 is 17.2. The van der Waals surface area contributed by atoms with Gasteiger partial charge < -0.3 is 18.8 Å². The average Bonchev–Trinajstić information content (AvgIpc) is 2.82. The number of methoxy groups -OCH3 is 1. The van der Waals surface area contributed by atoms with E-state index < -0.39 is 0 Å². The highest BCUT2D eigenvalue weighted by molar-refractivity contribution is 5.83. The molecule has 0 amide bonds. The minimum atomic E-state index is -0.270. The zero-order valence-electron chi connectivity index (χ0n) is 11.8. The Hall–Kier alpha value is -2.01. The molecule has 1 aromatic heterocycles. The molecule has 1 heterocycles. The number of hydrogen-bond donors (Lipinski definition) is 0. The van der Waals surface area contributed by atoms with Crippen LogP contribution < -0.4 is 4.74 Å². The van der Waals surface area contributed by atoms with E-state index in [4.69, 9.17) is 14.2 Å². The van der Waals surface area contributed by atoms with Crippen molar-refractivity contribution >= 4 is 16.9 Å². The van der Waals surface area contributed by atoms with Crippen LogP contribution in [0, 0.1) is 0 Å². The van der Waals surface area contributed by atoms with E-state index in [0.29, 0.717) is 13.2 Å². The first-order valence-electron chi connectivity index (χ1n) is 6.61. The van der Waals surface area contributed by atoms with E-state index in [9.17, 15) is 4.79 Å². The molecule has 0 bridgehead atoms. The van der Waals surface area contributed by atoms with Crippen LogP contribution in [0.15, 0.2) is 30.5 Å². The molecule has 2 aromatic rings. The smallest absolute Gasteiger partial charge is 0.326 e. The Labute approximate surface area is 118 Å². The fourth-order valence-corrected chi connectivity index (χ4v) is 2.00. The third-order valence-corrected chi connectivity index (χ3v) is 2.90. The first-order chi connectivity index (χ1) is 9.74. The third-order valence-electron chi connectivity index (χ3n) is 2.90. The van der Waals surface area contributed by atoms with Gasteiger partial charge in [0.05, 0.1) is 13.2 Å². The molecule has 0 spiro atoms. The van der Waals surface area contributed by atoms with Gasteiger partial charge >= 0.3 is 5.97 Å². The highest BCUT2D eigenvalue weighted by Gasteiger charge is 2.08. The molecule has 2 rings (SSSR count). The summed E-state index contributed by atoms with van der Waals surface area (Å²) in [5.41, 5.74) is 0.983. The van der Waals surface area contributed by atoms with Crippen molar-refractivity contribution in [1.82, 2.24) is 4.57 Å². The third kappa shape index (κ3) is 3.51. The lowest BCUT2D eigenvalue weighted by molar-refractivity contribution is -0.145. The van der Waals surface area contributed by atoms with Crippen LogP contribution in [0.5, 0.6) is 5.75 Å². The maximum absolute atomic E-state index is 11.7. The van der Waals surface area contributed by atoms with E-state index in [-0.39, 0.29) is 19.1 Å². The van der Waals surface area contributed by atoms with Crippen LogP contribution in [0.25, 0.3) is 10.9 Å². The Bertz CT molecular complexity index is 576. The predicted octanol–water partition coefficient (Wildman–Crippen LogP) is 2.23. The number of nitrogens with zero attached hydrogens (tertiary/aromatic N) is 1. The van der Waals surface area contributed by atoms with Crippen LogP contribution in [0.4, 0.5) is 0 Å². The van der Waals surface area contributed by atoms with Gasteiger partial charge in [-0.3, -0.25) is 4.79 Å². The summed E-state index contributed by atoms with van der Waals surface area (Å²) in [7, 11) is 1.57. The molecule has 20 heavy (non-hydrogen) atoms. The Morgan fingerprint density at radius 2 is 2.10 bits per heavy atom. The van der Waals surface area contributed by atoms with Crippen molar-refractivity contribution in [3.8, 4) is 5.75 Å². The standard InChI is InChI=1S/C15H19NO4/c1-3-19-13-4-5-14-12(10-13)6-7-16(14)11-15(17)20-9-8-18-2/h4-7,10H,3,8-9,11H2,1-2H3. The van der Waals surface area contributed by atoms with Gasteiger partial charge in [0.2, 0.25) is 0 Å². The lowest BCUT2D eigenvalue weighted by Crippen LogP contribution is -2.15. The maximum atomic E-state index is 11.7. The Balaban J connectivity index is 2.05. The van der Waals surface area contributed by atoms with Crippen LogP contribution in [0.1, 0.15) is 6.92 Å². The highest BCUT2D eigenvalue weighted by Crippen LogP contribution is 2.22. The summed E-state index contributed by atoms with van der Waals surface area (Å²) in [6, 6.07) is 7.77. The minimum Gasteiger partial charge on any atom is -0.494 e. The molecule has 0 radical (unpaired) electrons. The van der Waals surface area contributed by atoms with Gasteiger partial charge in [0.25, 0.3) is 0 Å². The maximum Gasteiger partial charge on any atom is 0.326 e. The monoisotopic (exact) mass is 277 g/mol.